The number of aromatic nitrogens is 1. The van der Waals surface area contributed by atoms with Crippen LogP contribution in [-0.4, -0.2) is 22.2 Å². The maximum absolute atomic E-state index is 11.9. The highest BCUT2D eigenvalue weighted by Gasteiger charge is 2.14. The minimum Gasteiger partial charge on any atom is -0.372 e. The molecule has 0 radical (unpaired) electrons. The monoisotopic (exact) mass is 257 g/mol. The third-order valence-electron chi connectivity index (χ3n) is 2.53. The van der Waals surface area contributed by atoms with Gasteiger partial charge in [0.05, 0.1) is 11.5 Å². The summed E-state index contributed by atoms with van der Waals surface area (Å²) in [4.78, 5) is 25.8. The van der Waals surface area contributed by atoms with Crippen molar-refractivity contribution in [2.24, 2.45) is 0 Å². The molecule has 2 rings (SSSR count). The molecule has 1 aromatic heterocycles. The summed E-state index contributed by atoms with van der Waals surface area (Å²) < 4.78 is 0. The van der Waals surface area contributed by atoms with Gasteiger partial charge in [-0.2, -0.15) is 0 Å². The molecule has 0 saturated carbocycles. The average Bonchev–Trinajstić information content (AvgIpc) is 2.46. The third kappa shape index (κ3) is 3.12. The fourth-order valence-corrected chi connectivity index (χ4v) is 1.58. The van der Waals surface area contributed by atoms with E-state index in [1.807, 2.05) is 6.07 Å². The van der Waals surface area contributed by atoms with E-state index < -0.39 is 4.92 Å². The normalized spacial score (nSPS) is 9.89. The summed E-state index contributed by atoms with van der Waals surface area (Å²) in [5.41, 5.74) is 0.694. The van der Waals surface area contributed by atoms with Crippen LogP contribution in [0.3, 0.4) is 0 Å². The Morgan fingerprint density at radius 3 is 2.68 bits per heavy atom. The first-order chi connectivity index (χ1) is 9.18. The molecule has 0 unspecified atom stereocenters. The lowest BCUT2D eigenvalue weighted by Crippen LogP contribution is -2.14. The van der Waals surface area contributed by atoms with E-state index in [-0.39, 0.29) is 23.7 Å². The highest BCUT2D eigenvalue weighted by Crippen LogP contribution is 2.21. The molecule has 2 aromatic rings. The van der Waals surface area contributed by atoms with Gasteiger partial charge >= 0.3 is 5.69 Å². The standard InChI is InChI=1S/C13H11N3O3/c17-13(10-4-2-1-3-5-10)9-15-11-6-7-14-8-12(11)16(18)19/h1-8H,9H2,(H,14,15). The van der Waals surface area contributed by atoms with Gasteiger partial charge in [0.25, 0.3) is 0 Å². The molecular weight excluding hydrogens is 246 g/mol. The van der Waals surface area contributed by atoms with Crippen molar-refractivity contribution in [3.8, 4) is 0 Å². The first-order valence-corrected chi connectivity index (χ1v) is 5.59. The minimum absolute atomic E-state index is 0.00509. The fraction of sp³-hybridized carbons (Fsp3) is 0.0769. The number of nitrogens with zero attached hydrogens (tertiary/aromatic N) is 2. The Morgan fingerprint density at radius 1 is 1.26 bits per heavy atom. The smallest absolute Gasteiger partial charge is 0.310 e. The average molecular weight is 257 g/mol. The van der Waals surface area contributed by atoms with Crippen molar-refractivity contribution in [3.05, 3.63) is 64.5 Å². The molecule has 0 amide bonds. The molecule has 0 fully saturated rings. The first-order valence-electron chi connectivity index (χ1n) is 5.59. The number of ketones is 1. The minimum atomic E-state index is -0.539. The van der Waals surface area contributed by atoms with Crippen LogP contribution < -0.4 is 5.32 Å². The molecule has 1 aromatic carbocycles. The summed E-state index contributed by atoms with van der Waals surface area (Å²) >= 11 is 0. The second kappa shape index (κ2) is 5.72. The molecule has 6 heteroatoms. The van der Waals surface area contributed by atoms with Crippen molar-refractivity contribution in [2.75, 3.05) is 11.9 Å². The summed E-state index contributed by atoms with van der Waals surface area (Å²) in [5, 5.41) is 13.5. The lowest BCUT2D eigenvalue weighted by Gasteiger charge is -2.05. The first kappa shape index (κ1) is 12.7. The van der Waals surface area contributed by atoms with E-state index in [0.29, 0.717) is 5.56 Å². The number of hydrogen-bond acceptors (Lipinski definition) is 5. The predicted molar refractivity (Wildman–Crippen MR) is 70.2 cm³/mol. The van der Waals surface area contributed by atoms with Crippen molar-refractivity contribution in [1.82, 2.24) is 4.98 Å². The number of carbonyl (C=O) groups excluding carboxylic acids is 1. The van der Waals surface area contributed by atoms with Crippen LogP contribution in [0.5, 0.6) is 0 Å². The molecule has 1 heterocycles. The molecule has 0 spiro atoms. The maximum Gasteiger partial charge on any atom is 0.310 e. The van der Waals surface area contributed by atoms with Gasteiger partial charge in [0.2, 0.25) is 0 Å². The number of rotatable bonds is 5. The zero-order chi connectivity index (χ0) is 13.7. The predicted octanol–water partition coefficient (Wildman–Crippen LogP) is 2.28. The molecule has 0 saturated heterocycles. The van der Waals surface area contributed by atoms with Crippen LogP contribution in [0.25, 0.3) is 0 Å². The summed E-state index contributed by atoms with van der Waals surface area (Å²) in [6.45, 7) is -0.00509. The molecule has 6 nitrogen and oxygen atoms in total. The molecule has 0 bridgehead atoms. The molecule has 1 N–H and O–H groups in total. The van der Waals surface area contributed by atoms with Crippen molar-refractivity contribution >= 4 is 17.2 Å². The van der Waals surface area contributed by atoms with E-state index in [9.17, 15) is 14.9 Å². The Balaban J connectivity index is 2.07. The molecule has 0 atom stereocenters. The van der Waals surface area contributed by atoms with Gasteiger partial charge in [-0.1, -0.05) is 30.3 Å². The van der Waals surface area contributed by atoms with Crippen molar-refractivity contribution < 1.29 is 9.72 Å². The van der Waals surface area contributed by atoms with E-state index in [1.165, 1.54) is 12.3 Å². The highest BCUT2D eigenvalue weighted by atomic mass is 16.6. The van der Waals surface area contributed by atoms with Crippen LogP contribution in [0, 0.1) is 10.1 Å². The Morgan fingerprint density at radius 2 is 2.00 bits per heavy atom. The number of Topliss-reactive ketones (excluding diaryl/α,β-unsaturated/α-hetero) is 1. The molecule has 0 aliphatic rings. The largest absolute Gasteiger partial charge is 0.372 e. The number of nitrogens with one attached hydrogen (secondary N) is 1. The molecule has 19 heavy (non-hydrogen) atoms. The molecule has 0 aliphatic heterocycles. The van der Waals surface area contributed by atoms with E-state index in [2.05, 4.69) is 10.3 Å². The van der Waals surface area contributed by atoms with Gasteiger partial charge in [0.1, 0.15) is 11.9 Å². The second-order valence-corrected chi connectivity index (χ2v) is 3.79. The topological polar surface area (TPSA) is 85.1 Å². The zero-order valence-corrected chi connectivity index (χ0v) is 9.95. The van der Waals surface area contributed by atoms with Crippen molar-refractivity contribution in [3.63, 3.8) is 0 Å². The van der Waals surface area contributed by atoms with Gasteiger partial charge in [0, 0.05) is 11.8 Å². The summed E-state index contributed by atoms with van der Waals surface area (Å²) in [5.74, 6) is -0.133. The Hall–Kier alpha value is -2.76. The Labute approximate surface area is 109 Å². The third-order valence-corrected chi connectivity index (χ3v) is 2.53. The Bertz CT molecular complexity index is 599. The maximum atomic E-state index is 11.9. The lowest BCUT2D eigenvalue weighted by molar-refractivity contribution is -0.384. The highest BCUT2D eigenvalue weighted by molar-refractivity contribution is 5.99. The molecular formula is C13H11N3O3. The van der Waals surface area contributed by atoms with E-state index in [1.54, 1.807) is 24.3 Å². The van der Waals surface area contributed by atoms with Crippen LogP contribution in [0.1, 0.15) is 10.4 Å². The number of nitro groups is 1. The van der Waals surface area contributed by atoms with Crippen LogP contribution in [-0.2, 0) is 0 Å². The van der Waals surface area contributed by atoms with Gasteiger partial charge in [-0.3, -0.25) is 19.9 Å². The quantitative estimate of drug-likeness (QED) is 0.504. The van der Waals surface area contributed by atoms with E-state index >= 15 is 0 Å². The second-order valence-electron chi connectivity index (χ2n) is 3.79. The van der Waals surface area contributed by atoms with Crippen LogP contribution >= 0.6 is 0 Å². The number of carbonyl (C=O) groups is 1. The number of pyridine rings is 1. The van der Waals surface area contributed by atoms with Crippen molar-refractivity contribution in [2.45, 2.75) is 0 Å². The van der Waals surface area contributed by atoms with Gasteiger partial charge in [-0.25, -0.2) is 0 Å². The van der Waals surface area contributed by atoms with Crippen molar-refractivity contribution in [1.29, 1.82) is 0 Å². The number of anilines is 1. The Kier molecular flexibility index (Phi) is 3.82. The van der Waals surface area contributed by atoms with Gasteiger partial charge in [-0.05, 0) is 6.07 Å². The lowest BCUT2D eigenvalue weighted by atomic mass is 10.1. The molecule has 0 aliphatic carbocycles. The van der Waals surface area contributed by atoms with Crippen LogP contribution in [0.2, 0.25) is 0 Å². The summed E-state index contributed by atoms with van der Waals surface area (Å²) in [7, 11) is 0. The summed E-state index contributed by atoms with van der Waals surface area (Å²) in [6, 6.07) is 10.2. The molecule has 96 valence electrons. The van der Waals surface area contributed by atoms with Gasteiger partial charge in [0.15, 0.2) is 5.78 Å². The van der Waals surface area contributed by atoms with Gasteiger partial charge in [-0.15, -0.1) is 0 Å². The number of hydrogen-bond donors (Lipinski definition) is 1. The van der Waals surface area contributed by atoms with Gasteiger partial charge < -0.3 is 5.32 Å². The number of benzene rings is 1. The van der Waals surface area contributed by atoms with E-state index in [4.69, 9.17) is 0 Å². The SMILES string of the molecule is O=C(CNc1ccncc1[N+](=O)[O-])c1ccccc1. The van der Waals surface area contributed by atoms with Crippen LogP contribution in [0.15, 0.2) is 48.8 Å². The van der Waals surface area contributed by atoms with E-state index in [0.717, 1.165) is 6.20 Å². The zero-order valence-electron chi connectivity index (χ0n) is 9.95. The fourth-order valence-electron chi connectivity index (χ4n) is 1.58. The summed E-state index contributed by atoms with van der Waals surface area (Å²) in [6.07, 6.45) is 2.58. The van der Waals surface area contributed by atoms with Crippen LogP contribution in [0.4, 0.5) is 11.4 Å².